The Labute approximate surface area is 127 Å². The Morgan fingerprint density at radius 2 is 2.24 bits per heavy atom. The molecular weight excluding hydrogens is 290 g/mol. The number of aromatic nitrogens is 3. The van der Waals surface area contributed by atoms with Crippen molar-refractivity contribution in [1.82, 2.24) is 15.0 Å². The van der Waals surface area contributed by atoms with Crippen LogP contribution in [0.2, 0.25) is 0 Å². The lowest BCUT2D eigenvalue weighted by Gasteiger charge is -2.09. The van der Waals surface area contributed by atoms with E-state index in [0.717, 1.165) is 12.1 Å². The summed E-state index contributed by atoms with van der Waals surface area (Å²) in [5, 5.41) is 0. The van der Waals surface area contributed by atoms with Crippen molar-refractivity contribution < 1.29 is 9.47 Å². The Kier molecular flexibility index (Phi) is 5.85. The van der Waals surface area contributed by atoms with Gasteiger partial charge in [0.15, 0.2) is 5.82 Å². The van der Waals surface area contributed by atoms with Gasteiger partial charge < -0.3 is 14.9 Å². The fraction of sp³-hybridized carbons (Fsp3) is 0.462. The Bertz CT molecular complexity index is 575. The highest BCUT2D eigenvalue weighted by molar-refractivity contribution is 7.09. The van der Waals surface area contributed by atoms with Gasteiger partial charge in [0.2, 0.25) is 5.88 Å². The standard InChI is InChI=1S/C13H19N5O2S/c1-3-19-7-12-16-11(18-14)6-13(17-12)20-5-4-10-9(2)15-8-21-10/h6,8H,3-5,7,14H2,1-2H3,(H,16,17,18). The SMILES string of the molecule is CCOCc1nc(NN)cc(OCCc2scnc2C)n1. The van der Waals surface area contributed by atoms with Crippen LogP contribution in [0.15, 0.2) is 11.6 Å². The van der Waals surface area contributed by atoms with Gasteiger partial charge in [0, 0.05) is 24.0 Å². The van der Waals surface area contributed by atoms with Crippen molar-refractivity contribution in [2.24, 2.45) is 5.84 Å². The van der Waals surface area contributed by atoms with E-state index < -0.39 is 0 Å². The van der Waals surface area contributed by atoms with Gasteiger partial charge in [-0.15, -0.1) is 11.3 Å². The van der Waals surface area contributed by atoms with Crippen LogP contribution >= 0.6 is 11.3 Å². The van der Waals surface area contributed by atoms with Gasteiger partial charge in [-0.1, -0.05) is 0 Å². The average Bonchev–Trinajstić information content (AvgIpc) is 2.90. The Morgan fingerprint density at radius 3 is 2.90 bits per heavy atom. The monoisotopic (exact) mass is 309 g/mol. The molecule has 2 aromatic heterocycles. The first-order valence-corrected chi connectivity index (χ1v) is 7.55. The fourth-order valence-electron chi connectivity index (χ4n) is 1.69. The molecule has 0 spiro atoms. The molecule has 114 valence electrons. The number of hydrogen-bond acceptors (Lipinski definition) is 8. The Morgan fingerprint density at radius 1 is 1.38 bits per heavy atom. The van der Waals surface area contributed by atoms with Crippen LogP contribution in [0.1, 0.15) is 23.3 Å². The first-order valence-electron chi connectivity index (χ1n) is 6.67. The van der Waals surface area contributed by atoms with E-state index in [1.165, 1.54) is 4.88 Å². The quantitative estimate of drug-likeness (QED) is 0.566. The lowest BCUT2D eigenvalue weighted by Crippen LogP contribution is -2.12. The van der Waals surface area contributed by atoms with Gasteiger partial charge >= 0.3 is 0 Å². The van der Waals surface area contributed by atoms with Crippen LogP contribution in [0, 0.1) is 6.92 Å². The van der Waals surface area contributed by atoms with Gasteiger partial charge in [-0.25, -0.2) is 15.8 Å². The first kappa shape index (κ1) is 15.6. The fourth-order valence-corrected chi connectivity index (χ4v) is 2.46. The van der Waals surface area contributed by atoms with Crippen LogP contribution in [0.4, 0.5) is 5.82 Å². The predicted octanol–water partition coefficient (Wildman–Crippen LogP) is 1.69. The Balaban J connectivity index is 1.96. The summed E-state index contributed by atoms with van der Waals surface area (Å²) >= 11 is 1.63. The van der Waals surface area contributed by atoms with E-state index in [0.29, 0.717) is 37.3 Å². The molecule has 2 rings (SSSR count). The topological polar surface area (TPSA) is 95.2 Å². The van der Waals surface area contributed by atoms with E-state index in [1.54, 1.807) is 17.4 Å². The second-order valence-corrected chi connectivity index (χ2v) is 5.19. The zero-order valence-electron chi connectivity index (χ0n) is 12.1. The molecule has 0 unspecified atom stereocenters. The maximum absolute atomic E-state index is 5.67. The molecule has 0 saturated carbocycles. The van der Waals surface area contributed by atoms with E-state index in [2.05, 4.69) is 20.4 Å². The van der Waals surface area contributed by atoms with Crippen molar-refractivity contribution in [3.8, 4) is 5.88 Å². The maximum atomic E-state index is 5.67. The van der Waals surface area contributed by atoms with E-state index in [4.69, 9.17) is 15.3 Å². The van der Waals surface area contributed by atoms with Crippen LogP contribution in [-0.4, -0.2) is 28.2 Å². The molecule has 0 aromatic carbocycles. The summed E-state index contributed by atoms with van der Waals surface area (Å²) in [5.74, 6) is 6.92. The molecule has 0 fully saturated rings. The summed E-state index contributed by atoms with van der Waals surface area (Å²) in [6.45, 7) is 5.37. The average molecular weight is 309 g/mol. The molecule has 3 N–H and O–H groups in total. The number of anilines is 1. The molecule has 2 aromatic rings. The number of hydrogen-bond donors (Lipinski definition) is 2. The summed E-state index contributed by atoms with van der Waals surface area (Å²) in [6.07, 6.45) is 0.798. The zero-order valence-corrected chi connectivity index (χ0v) is 12.9. The normalized spacial score (nSPS) is 10.6. The first-order chi connectivity index (χ1) is 10.2. The minimum Gasteiger partial charge on any atom is -0.477 e. The Hall–Kier alpha value is -1.77. The van der Waals surface area contributed by atoms with Gasteiger partial charge in [-0.05, 0) is 13.8 Å². The van der Waals surface area contributed by atoms with Gasteiger partial charge in [-0.2, -0.15) is 4.98 Å². The van der Waals surface area contributed by atoms with Crippen molar-refractivity contribution in [2.45, 2.75) is 26.9 Å². The minimum absolute atomic E-state index is 0.330. The predicted molar refractivity (Wildman–Crippen MR) is 81.2 cm³/mol. The zero-order chi connectivity index (χ0) is 15.1. The number of ether oxygens (including phenoxy) is 2. The van der Waals surface area contributed by atoms with Crippen LogP contribution in [-0.2, 0) is 17.8 Å². The lowest BCUT2D eigenvalue weighted by atomic mass is 10.3. The maximum Gasteiger partial charge on any atom is 0.218 e. The summed E-state index contributed by atoms with van der Waals surface area (Å²) in [6, 6.07) is 1.66. The molecule has 21 heavy (non-hydrogen) atoms. The lowest BCUT2D eigenvalue weighted by molar-refractivity contribution is 0.127. The van der Waals surface area contributed by atoms with Gasteiger partial charge in [0.05, 0.1) is 17.8 Å². The smallest absolute Gasteiger partial charge is 0.218 e. The highest BCUT2D eigenvalue weighted by Gasteiger charge is 2.07. The summed E-state index contributed by atoms with van der Waals surface area (Å²) in [7, 11) is 0. The third kappa shape index (κ3) is 4.62. The summed E-state index contributed by atoms with van der Waals surface area (Å²) < 4.78 is 11.0. The van der Waals surface area contributed by atoms with Crippen molar-refractivity contribution >= 4 is 17.2 Å². The molecule has 2 heterocycles. The van der Waals surface area contributed by atoms with E-state index in [9.17, 15) is 0 Å². The second kappa shape index (κ2) is 7.87. The summed E-state index contributed by atoms with van der Waals surface area (Å²) in [5.41, 5.74) is 5.39. The van der Waals surface area contributed by atoms with E-state index in [-0.39, 0.29) is 0 Å². The van der Waals surface area contributed by atoms with Crippen molar-refractivity contribution in [3.05, 3.63) is 28.0 Å². The number of nitrogens with one attached hydrogen (secondary N) is 1. The van der Waals surface area contributed by atoms with E-state index >= 15 is 0 Å². The molecule has 0 aliphatic heterocycles. The number of thiazole rings is 1. The molecule has 0 saturated heterocycles. The number of nitrogen functional groups attached to an aromatic ring is 1. The van der Waals surface area contributed by atoms with Crippen LogP contribution < -0.4 is 16.0 Å². The van der Waals surface area contributed by atoms with Crippen LogP contribution in [0.3, 0.4) is 0 Å². The van der Waals surface area contributed by atoms with Crippen molar-refractivity contribution in [1.29, 1.82) is 0 Å². The largest absolute Gasteiger partial charge is 0.477 e. The van der Waals surface area contributed by atoms with Crippen LogP contribution in [0.25, 0.3) is 0 Å². The molecule has 0 aliphatic rings. The molecule has 0 bridgehead atoms. The number of aryl methyl sites for hydroxylation is 1. The van der Waals surface area contributed by atoms with Gasteiger partial charge in [0.25, 0.3) is 0 Å². The third-order valence-corrected chi connectivity index (χ3v) is 3.75. The highest BCUT2D eigenvalue weighted by atomic mass is 32.1. The van der Waals surface area contributed by atoms with Crippen molar-refractivity contribution in [2.75, 3.05) is 18.6 Å². The summed E-state index contributed by atoms with van der Waals surface area (Å²) in [4.78, 5) is 13.9. The molecule has 0 atom stereocenters. The number of rotatable bonds is 8. The van der Waals surface area contributed by atoms with Gasteiger partial charge in [-0.3, -0.25) is 0 Å². The van der Waals surface area contributed by atoms with Crippen molar-refractivity contribution in [3.63, 3.8) is 0 Å². The molecule has 0 radical (unpaired) electrons. The minimum atomic E-state index is 0.330. The molecule has 7 nitrogen and oxygen atoms in total. The number of hydrazine groups is 1. The molecule has 8 heteroatoms. The van der Waals surface area contributed by atoms with E-state index in [1.807, 2.05) is 19.4 Å². The van der Waals surface area contributed by atoms with Gasteiger partial charge in [0.1, 0.15) is 12.4 Å². The highest BCUT2D eigenvalue weighted by Crippen LogP contribution is 2.16. The number of nitrogens with zero attached hydrogens (tertiary/aromatic N) is 3. The third-order valence-electron chi connectivity index (χ3n) is 2.76. The number of nitrogens with two attached hydrogens (primary N) is 1. The van der Waals surface area contributed by atoms with Crippen LogP contribution in [0.5, 0.6) is 5.88 Å². The second-order valence-electron chi connectivity index (χ2n) is 4.25. The molecule has 0 aliphatic carbocycles. The molecule has 0 amide bonds. The molecular formula is C13H19N5O2S.